The van der Waals surface area contributed by atoms with Crippen LogP contribution in [0.5, 0.6) is 23.0 Å². The Labute approximate surface area is 391 Å². The normalized spacial score (nSPS) is 13.1. The molecule has 2 N–H and O–H groups in total. The first-order valence-electron chi connectivity index (χ1n) is 21.4. The lowest BCUT2D eigenvalue weighted by atomic mass is 9.89. The lowest BCUT2D eigenvalue weighted by Crippen LogP contribution is -2.32. The first-order chi connectivity index (χ1) is 32.7. The van der Waals surface area contributed by atoms with Crippen LogP contribution in [0, 0.1) is 0 Å². The number of fused-ring (bicyclic) bond motifs is 2. The number of benzene rings is 5. The highest BCUT2D eigenvalue weighted by molar-refractivity contribution is 6.30. The Morgan fingerprint density at radius 3 is 1.97 bits per heavy atom. The maximum Gasteiger partial charge on any atom is 0.573 e. The number of aryl methyl sites for hydroxylation is 1. The zero-order valence-electron chi connectivity index (χ0n) is 36.2. The van der Waals surface area contributed by atoms with Crippen molar-refractivity contribution in [1.82, 2.24) is 24.7 Å². The Bertz CT molecular complexity index is 2960. The van der Waals surface area contributed by atoms with E-state index in [0.717, 1.165) is 65.0 Å². The van der Waals surface area contributed by atoms with E-state index < -0.39 is 12.7 Å². The number of carbonyl (C=O) groups is 1. The summed E-state index contributed by atoms with van der Waals surface area (Å²) in [5.41, 5.74) is 6.64. The van der Waals surface area contributed by atoms with E-state index in [-0.39, 0.29) is 23.3 Å². The van der Waals surface area contributed by atoms with Gasteiger partial charge in [-0.3, -0.25) is 9.20 Å². The largest absolute Gasteiger partial charge is 0.573 e. The average molecular weight is 954 g/mol. The van der Waals surface area contributed by atoms with Gasteiger partial charge in [-0.15, -0.1) is 26.3 Å². The van der Waals surface area contributed by atoms with Gasteiger partial charge in [0.25, 0.3) is 5.91 Å². The molecule has 18 heteroatoms. The van der Waals surface area contributed by atoms with Gasteiger partial charge in [0.2, 0.25) is 0 Å². The number of para-hydroxylation sites is 1. The Kier molecular flexibility index (Phi) is 14.2. The third-order valence-corrected chi connectivity index (χ3v) is 11.2. The molecule has 0 aliphatic carbocycles. The van der Waals surface area contributed by atoms with E-state index in [1.807, 2.05) is 55.5 Å². The molecule has 68 heavy (non-hydrogen) atoms. The highest BCUT2D eigenvalue weighted by Gasteiger charge is 2.32. The minimum atomic E-state index is -4.72. The Morgan fingerprint density at radius 1 is 0.735 bits per heavy atom. The molecule has 0 atom stereocenters. The molecule has 350 valence electrons. The van der Waals surface area contributed by atoms with Crippen molar-refractivity contribution in [3.63, 3.8) is 0 Å². The zero-order chi connectivity index (χ0) is 47.8. The van der Waals surface area contributed by atoms with E-state index in [9.17, 15) is 31.1 Å². The summed E-state index contributed by atoms with van der Waals surface area (Å²) in [5, 5.41) is 7.67. The molecule has 8 aromatic rings. The van der Waals surface area contributed by atoms with Crippen LogP contribution in [0.25, 0.3) is 16.6 Å². The maximum absolute atomic E-state index is 13.0. The average Bonchev–Trinajstić information content (AvgIpc) is 3.70. The van der Waals surface area contributed by atoms with Crippen molar-refractivity contribution in [3.8, 4) is 23.0 Å². The van der Waals surface area contributed by atoms with E-state index in [4.69, 9.17) is 16.3 Å². The van der Waals surface area contributed by atoms with E-state index in [1.165, 1.54) is 42.7 Å². The predicted octanol–water partition coefficient (Wildman–Crippen LogP) is 12.8. The molecule has 9 rings (SSSR count). The van der Waals surface area contributed by atoms with Crippen molar-refractivity contribution in [2.45, 2.75) is 51.4 Å². The number of nitrogens with zero attached hydrogens (tertiary/aromatic N) is 5. The third kappa shape index (κ3) is 12.3. The van der Waals surface area contributed by atoms with Crippen LogP contribution in [0.3, 0.4) is 0 Å². The fourth-order valence-electron chi connectivity index (χ4n) is 7.75. The molecule has 4 heterocycles. The smallest absolute Gasteiger partial charge is 0.457 e. The number of hydrogen-bond donors (Lipinski definition) is 2. The number of hydrogen-bond acceptors (Lipinski definition) is 9. The van der Waals surface area contributed by atoms with E-state index in [2.05, 4.69) is 52.1 Å². The second-order valence-electron chi connectivity index (χ2n) is 15.6. The summed E-state index contributed by atoms with van der Waals surface area (Å²) in [4.78, 5) is 28.4. The van der Waals surface area contributed by atoms with E-state index in [1.54, 1.807) is 47.0 Å². The SMILES string of the molecule is CCc1nc2ccc(Cl)cn2c1C(=O)NCc1ccc(N2CCC(c3ccc(OC(F)(F)F)cc3)CC2)cc1.FC(F)(F)Oc1ccc(Oc2ccc(Nc3ncnc4ccccc34)cc2)cc1. The van der Waals surface area contributed by atoms with Gasteiger partial charge < -0.3 is 29.7 Å². The molecule has 0 radical (unpaired) electrons. The molecule has 1 amide bonds. The number of pyridine rings is 1. The van der Waals surface area contributed by atoms with E-state index >= 15 is 0 Å². The first-order valence-corrected chi connectivity index (χ1v) is 21.8. The molecular formula is C50H42ClF6N7O4. The topological polar surface area (TPSA) is 115 Å². The number of aromatic nitrogens is 4. The van der Waals surface area contributed by atoms with Crippen LogP contribution in [-0.4, -0.2) is 51.1 Å². The van der Waals surface area contributed by atoms with Crippen molar-refractivity contribution in [3.05, 3.63) is 174 Å². The van der Waals surface area contributed by atoms with Crippen LogP contribution < -0.4 is 29.7 Å². The highest BCUT2D eigenvalue weighted by Crippen LogP contribution is 2.33. The number of ether oxygens (including phenoxy) is 3. The summed E-state index contributed by atoms with van der Waals surface area (Å²) >= 11 is 6.14. The first kappa shape index (κ1) is 47.0. The number of rotatable bonds is 12. The number of halogens is 7. The molecule has 11 nitrogen and oxygen atoms in total. The van der Waals surface area contributed by atoms with Crippen LogP contribution in [0.15, 0.2) is 146 Å². The van der Waals surface area contributed by atoms with Crippen LogP contribution in [-0.2, 0) is 13.0 Å². The molecule has 0 unspecified atom stereocenters. The molecule has 3 aromatic heterocycles. The Balaban J connectivity index is 0.000000192. The molecule has 1 fully saturated rings. The Morgan fingerprint density at radius 2 is 1.34 bits per heavy atom. The number of imidazole rings is 1. The van der Waals surface area contributed by atoms with Gasteiger partial charge in [0.15, 0.2) is 0 Å². The van der Waals surface area contributed by atoms with Crippen LogP contribution >= 0.6 is 11.6 Å². The summed E-state index contributed by atoms with van der Waals surface area (Å²) in [6.07, 6.45) is -3.77. The van der Waals surface area contributed by atoms with Gasteiger partial charge in [-0.1, -0.05) is 54.9 Å². The summed E-state index contributed by atoms with van der Waals surface area (Å²) in [7, 11) is 0. The van der Waals surface area contributed by atoms with Gasteiger partial charge in [-0.2, -0.15) is 0 Å². The molecule has 1 aliphatic heterocycles. The van der Waals surface area contributed by atoms with Gasteiger partial charge >= 0.3 is 12.7 Å². The summed E-state index contributed by atoms with van der Waals surface area (Å²) in [6.45, 7) is 4.04. The molecule has 5 aromatic carbocycles. The molecule has 1 saturated heterocycles. The van der Waals surface area contributed by atoms with E-state index in [0.29, 0.717) is 46.6 Å². The van der Waals surface area contributed by atoms with Gasteiger partial charge in [-0.05, 0) is 133 Å². The lowest BCUT2D eigenvalue weighted by molar-refractivity contribution is -0.275. The van der Waals surface area contributed by atoms with Gasteiger partial charge in [0, 0.05) is 42.6 Å². The fourth-order valence-corrected chi connectivity index (χ4v) is 7.91. The number of alkyl halides is 6. The summed E-state index contributed by atoms with van der Waals surface area (Å²) < 4.78 is 89.0. The van der Waals surface area contributed by atoms with Crippen LogP contribution in [0.1, 0.15) is 53.0 Å². The maximum atomic E-state index is 13.0. The number of carbonyl (C=O) groups excluding carboxylic acids is 1. The molecule has 0 spiro atoms. The highest BCUT2D eigenvalue weighted by atomic mass is 35.5. The summed E-state index contributed by atoms with van der Waals surface area (Å²) in [5.74, 6) is 1.19. The zero-order valence-corrected chi connectivity index (χ0v) is 36.9. The quantitative estimate of drug-likeness (QED) is 0.116. The minimum absolute atomic E-state index is 0.200. The third-order valence-electron chi connectivity index (χ3n) is 11.0. The molecule has 1 aliphatic rings. The number of anilines is 3. The van der Waals surface area contributed by atoms with Crippen molar-refractivity contribution in [1.29, 1.82) is 0 Å². The van der Waals surface area contributed by atoms with Crippen molar-refractivity contribution in [2.75, 3.05) is 23.3 Å². The monoisotopic (exact) mass is 953 g/mol. The molecule has 0 saturated carbocycles. The van der Waals surface area contributed by atoms with Gasteiger partial charge in [0.05, 0.1) is 16.2 Å². The number of amides is 1. The number of nitrogens with one attached hydrogen (secondary N) is 2. The minimum Gasteiger partial charge on any atom is -0.457 e. The molecule has 0 bridgehead atoms. The standard InChI is InChI=1S/C29H28ClF3N4O2.C21H14F3N3O2/c1-2-25-27(37-18-22(30)7-12-26(37)35-25)28(38)34-17-19-3-8-23(9-4-19)36-15-13-21(14-16-36)20-5-10-24(11-6-20)39-29(31,32)33;22-21(23,24)29-17-11-9-16(10-12-17)28-15-7-5-14(6-8-15)27-20-18-3-1-2-4-19(18)25-13-26-20/h3-12,18,21H,2,13-17H2,1H3,(H,34,38);1-13H,(H,25,26,27). The van der Waals surface area contributed by atoms with Crippen LogP contribution in [0.4, 0.5) is 43.5 Å². The molecular weight excluding hydrogens is 912 g/mol. The van der Waals surface area contributed by atoms with Gasteiger partial charge in [0.1, 0.15) is 46.5 Å². The van der Waals surface area contributed by atoms with Gasteiger partial charge in [-0.25, -0.2) is 15.0 Å². The summed E-state index contributed by atoms with van der Waals surface area (Å²) in [6, 6.07) is 37.8. The fraction of sp³-hybridized carbons (Fsp3) is 0.200. The van der Waals surface area contributed by atoms with Crippen molar-refractivity contribution >= 4 is 51.3 Å². The number of piperidine rings is 1. The predicted molar refractivity (Wildman–Crippen MR) is 247 cm³/mol. The van der Waals surface area contributed by atoms with Crippen molar-refractivity contribution < 1.29 is 45.3 Å². The van der Waals surface area contributed by atoms with Crippen molar-refractivity contribution in [2.24, 2.45) is 0 Å². The van der Waals surface area contributed by atoms with Crippen LogP contribution in [0.2, 0.25) is 5.02 Å². The second-order valence-corrected chi connectivity index (χ2v) is 16.0. The lowest BCUT2D eigenvalue weighted by Gasteiger charge is -2.34. The Hall–Kier alpha value is -7.53. The second kappa shape index (κ2) is 20.5.